The number of hydrogen-bond acceptors (Lipinski definition) is 3. The van der Waals surface area contributed by atoms with Crippen molar-refractivity contribution < 1.29 is 8.42 Å². The number of rotatable bonds is 4. The Hall–Kier alpha value is -0.420. The van der Waals surface area contributed by atoms with E-state index in [9.17, 15) is 8.42 Å². The SMILES string of the molecule is CN(CCC#N)S(=O)(=O)c1ccc(Br)cc1Br. The molecule has 4 nitrogen and oxygen atoms in total. The third-order valence-electron chi connectivity index (χ3n) is 2.12. The summed E-state index contributed by atoms with van der Waals surface area (Å²) in [4.78, 5) is 0.195. The normalized spacial score (nSPS) is 11.5. The fourth-order valence-corrected chi connectivity index (χ4v) is 4.05. The van der Waals surface area contributed by atoms with Crippen LogP contribution < -0.4 is 0 Å². The molecule has 1 rings (SSSR count). The van der Waals surface area contributed by atoms with Crippen LogP contribution in [0.15, 0.2) is 32.0 Å². The van der Waals surface area contributed by atoms with Gasteiger partial charge in [-0.15, -0.1) is 0 Å². The first-order valence-corrected chi connectivity index (χ1v) is 7.70. The summed E-state index contributed by atoms with van der Waals surface area (Å²) in [6.45, 7) is 0.182. The molecule has 0 atom stereocenters. The van der Waals surface area contributed by atoms with Gasteiger partial charge in [0.05, 0.1) is 11.0 Å². The molecule has 0 fully saturated rings. The zero-order chi connectivity index (χ0) is 13.1. The minimum atomic E-state index is -3.54. The second kappa shape index (κ2) is 5.96. The number of halogens is 2. The number of nitriles is 1. The molecule has 7 heteroatoms. The molecule has 1 aromatic carbocycles. The van der Waals surface area contributed by atoms with Crippen molar-refractivity contribution in [3.05, 3.63) is 27.1 Å². The van der Waals surface area contributed by atoms with Crippen molar-refractivity contribution in [3.8, 4) is 6.07 Å². The summed E-state index contributed by atoms with van der Waals surface area (Å²) >= 11 is 6.48. The molecule has 0 unspecified atom stereocenters. The van der Waals surface area contributed by atoms with E-state index in [2.05, 4.69) is 31.9 Å². The summed E-state index contributed by atoms with van der Waals surface area (Å²) in [5.41, 5.74) is 0. The Morgan fingerprint density at radius 3 is 2.59 bits per heavy atom. The van der Waals surface area contributed by atoms with Crippen molar-refractivity contribution in [2.75, 3.05) is 13.6 Å². The molecule has 0 aliphatic rings. The molecule has 0 spiro atoms. The van der Waals surface area contributed by atoms with Crippen molar-refractivity contribution in [2.45, 2.75) is 11.3 Å². The largest absolute Gasteiger partial charge is 0.243 e. The summed E-state index contributed by atoms with van der Waals surface area (Å²) in [5, 5.41) is 8.46. The highest BCUT2D eigenvalue weighted by molar-refractivity contribution is 9.11. The molecule has 1 aromatic rings. The van der Waals surface area contributed by atoms with Crippen molar-refractivity contribution in [1.29, 1.82) is 5.26 Å². The van der Waals surface area contributed by atoms with Crippen LogP contribution in [0.1, 0.15) is 6.42 Å². The van der Waals surface area contributed by atoms with Crippen LogP contribution in [-0.2, 0) is 10.0 Å². The molecule has 0 bridgehead atoms. The molecule has 0 saturated carbocycles. The average Bonchev–Trinajstić information content (AvgIpc) is 2.25. The first kappa shape index (κ1) is 14.6. The molecule has 0 radical (unpaired) electrons. The van der Waals surface area contributed by atoms with Gasteiger partial charge in [-0.05, 0) is 34.1 Å². The smallest absolute Gasteiger partial charge is 0.207 e. The van der Waals surface area contributed by atoms with Gasteiger partial charge in [-0.2, -0.15) is 9.57 Å². The summed E-state index contributed by atoms with van der Waals surface area (Å²) in [7, 11) is -2.08. The first-order chi connectivity index (χ1) is 7.89. The first-order valence-electron chi connectivity index (χ1n) is 4.68. The van der Waals surface area contributed by atoms with Crippen molar-refractivity contribution >= 4 is 41.9 Å². The second-order valence-corrected chi connectivity index (χ2v) is 7.09. The molecule has 0 saturated heterocycles. The Morgan fingerprint density at radius 2 is 2.06 bits per heavy atom. The molecule has 0 heterocycles. The van der Waals surface area contributed by atoms with Gasteiger partial charge in [0.2, 0.25) is 10.0 Å². The van der Waals surface area contributed by atoms with E-state index in [0.29, 0.717) is 4.47 Å². The fraction of sp³-hybridized carbons (Fsp3) is 0.300. The van der Waals surface area contributed by atoms with E-state index in [4.69, 9.17) is 5.26 Å². The van der Waals surface area contributed by atoms with Crippen LogP contribution in [0.3, 0.4) is 0 Å². The molecule has 0 aliphatic heterocycles. The van der Waals surface area contributed by atoms with Gasteiger partial charge in [0.15, 0.2) is 0 Å². The van der Waals surface area contributed by atoms with Gasteiger partial charge in [0.25, 0.3) is 0 Å². The average molecular weight is 382 g/mol. The molecular formula is C10H10Br2N2O2S. The molecule has 92 valence electrons. The summed E-state index contributed by atoms with van der Waals surface area (Å²) < 4.78 is 26.7. The van der Waals surface area contributed by atoms with Gasteiger partial charge in [-0.1, -0.05) is 15.9 Å². The van der Waals surface area contributed by atoms with E-state index in [1.54, 1.807) is 12.1 Å². The van der Waals surface area contributed by atoms with E-state index >= 15 is 0 Å². The van der Waals surface area contributed by atoms with Crippen LogP contribution in [0.2, 0.25) is 0 Å². The second-order valence-electron chi connectivity index (χ2n) is 3.31. The highest BCUT2D eigenvalue weighted by Crippen LogP contribution is 2.27. The summed E-state index contributed by atoms with van der Waals surface area (Å²) in [6.07, 6.45) is 0.171. The van der Waals surface area contributed by atoms with E-state index in [0.717, 1.165) is 4.47 Å². The van der Waals surface area contributed by atoms with Crippen LogP contribution in [-0.4, -0.2) is 26.3 Å². The highest BCUT2D eigenvalue weighted by Gasteiger charge is 2.22. The third-order valence-corrected chi connectivity index (χ3v) is 5.45. The maximum atomic E-state index is 12.1. The Morgan fingerprint density at radius 1 is 1.41 bits per heavy atom. The van der Waals surface area contributed by atoms with Gasteiger partial charge >= 0.3 is 0 Å². The minimum absolute atomic E-state index is 0.171. The summed E-state index contributed by atoms with van der Waals surface area (Å²) in [5.74, 6) is 0. The van der Waals surface area contributed by atoms with Gasteiger partial charge in [-0.3, -0.25) is 0 Å². The van der Waals surface area contributed by atoms with Crippen molar-refractivity contribution in [3.63, 3.8) is 0 Å². The quantitative estimate of drug-likeness (QED) is 0.805. The standard InChI is InChI=1S/C10H10Br2N2O2S/c1-14(6-2-5-13)17(15,16)10-4-3-8(11)7-9(10)12/h3-4,7H,2,6H2,1H3. The molecule has 0 N–H and O–H groups in total. The molecule has 0 aliphatic carbocycles. The van der Waals surface area contributed by atoms with E-state index in [-0.39, 0.29) is 17.9 Å². The molecular weight excluding hydrogens is 372 g/mol. The minimum Gasteiger partial charge on any atom is -0.207 e. The monoisotopic (exact) mass is 380 g/mol. The zero-order valence-electron chi connectivity index (χ0n) is 9.02. The molecule has 17 heavy (non-hydrogen) atoms. The molecule has 0 amide bonds. The van der Waals surface area contributed by atoms with Gasteiger partial charge in [0, 0.05) is 29.0 Å². The lowest BCUT2D eigenvalue weighted by molar-refractivity contribution is 0.476. The van der Waals surface area contributed by atoms with Crippen LogP contribution in [0, 0.1) is 11.3 Å². The lowest BCUT2D eigenvalue weighted by Crippen LogP contribution is -2.28. The predicted molar refractivity (Wildman–Crippen MR) is 71.9 cm³/mol. The molecule has 0 aromatic heterocycles. The zero-order valence-corrected chi connectivity index (χ0v) is 13.0. The van der Waals surface area contributed by atoms with Crippen LogP contribution in [0.5, 0.6) is 0 Å². The summed E-state index contributed by atoms with van der Waals surface area (Å²) in [6, 6.07) is 6.77. The van der Waals surface area contributed by atoms with Gasteiger partial charge in [-0.25, -0.2) is 8.42 Å². The van der Waals surface area contributed by atoms with Gasteiger partial charge < -0.3 is 0 Å². The number of hydrogen-bond donors (Lipinski definition) is 0. The van der Waals surface area contributed by atoms with Crippen LogP contribution in [0.25, 0.3) is 0 Å². The van der Waals surface area contributed by atoms with E-state index in [1.165, 1.54) is 17.4 Å². The number of benzene rings is 1. The maximum absolute atomic E-state index is 12.1. The highest BCUT2D eigenvalue weighted by atomic mass is 79.9. The van der Waals surface area contributed by atoms with E-state index < -0.39 is 10.0 Å². The topological polar surface area (TPSA) is 61.2 Å². The van der Waals surface area contributed by atoms with Crippen LogP contribution in [0.4, 0.5) is 0 Å². The van der Waals surface area contributed by atoms with E-state index in [1.807, 2.05) is 6.07 Å². The Kier molecular flexibility index (Phi) is 5.13. The lowest BCUT2D eigenvalue weighted by Gasteiger charge is -2.16. The number of nitrogens with zero attached hydrogens (tertiary/aromatic N) is 2. The lowest BCUT2D eigenvalue weighted by atomic mass is 10.4. The van der Waals surface area contributed by atoms with Gasteiger partial charge in [0.1, 0.15) is 0 Å². The number of sulfonamides is 1. The Balaban J connectivity index is 3.09. The van der Waals surface area contributed by atoms with Crippen LogP contribution >= 0.6 is 31.9 Å². The van der Waals surface area contributed by atoms with Crippen molar-refractivity contribution in [1.82, 2.24) is 4.31 Å². The Labute approximate surface area is 118 Å². The van der Waals surface area contributed by atoms with Crippen molar-refractivity contribution in [2.24, 2.45) is 0 Å². The Bertz CT molecular complexity index is 552. The maximum Gasteiger partial charge on any atom is 0.243 e. The third kappa shape index (κ3) is 3.52. The predicted octanol–water partition coefficient (Wildman–Crippen LogP) is 2.75. The fourth-order valence-electron chi connectivity index (χ4n) is 1.18.